The van der Waals surface area contributed by atoms with Crippen molar-refractivity contribution in [2.75, 3.05) is 37.3 Å². The van der Waals surface area contributed by atoms with Gasteiger partial charge in [0.1, 0.15) is 11.8 Å². The van der Waals surface area contributed by atoms with Crippen molar-refractivity contribution in [3.8, 4) is 5.75 Å². The van der Waals surface area contributed by atoms with E-state index >= 15 is 0 Å². The summed E-state index contributed by atoms with van der Waals surface area (Å²) in [6.45, 7) is 5.12. The van der Waals surface area contributed by atoms with Crippen LogP contribution in [0.2, 0.25) is 0 Å². The number of nitrogens with one attached hydrogen (secondary N) is 1. The van der Waals surface area contributed by atoms with Gasteiger partial charge in [-0.2, -0.15) is 0 Å². The molecule has 0 aromatic heterocycles. The quantitative estimate of drug-likeness (QED) is 0.330. The van der Waals surface area contributed by atoms with Crippen molar-refractivity contribution >= 4 is 27.5 Å². The zero-order valence-electron chi connectivity index (χ0n) is 22.5. The predicted molar refractivity (Wildman–Crippen MR) is 148 cm³/mol. The molecule has 0 saturated heterocycles. The van der Waals surface area contributed by atoms with Crippen LogP contribution in [0.3, 0.4) is 0 Å². The second-order valence-electron chi connectivity index (χ2n) is 9.03. The lowest BCUT2D eigenvalue weighted by Gasteiger charge is -2.31. The molecular formula is C28H41N3O5S. The molecule has 0 heterocycles. The Bertz CT molecular complexity index is 1070. The zero-order valence-corrected chi connectivity index (χ0v) is 23.3. The maximum absolute atomic E-state index is 13.4. The molecule has 8 nitrogen and oxygen atoms in total. The molecule has 204 valence electrons. The highest BCUT2D eigenvalue weighted by molar-refractivity contribution is 7.92. The highest BCUT2D eigenvalue weighted by Gasteiger charge is 2.28. The number of nitrogens with zero attached hydrogens (tertiary/aromatic N) is 2. The monoisotopic (exact) mass is 531 g/mol. The van der Waals surface area contributed by atoms with E-state index in [4.69, 9.17) is 4.74 Å². The van der Waals surface area contributed by atoms with E-state index in [2.05, 4.69) is 12.2 Å². The third kappa shape index (κ3) is 9.72. The van der Waals surface area contributed by atoms with Gasteiger partial charge in [-0.15, -0.1) is 0 Å². The number of benzene rings is 2. The summed E-state index contributed by atoms with van der Waals surface area (Å²) in [4.78, 5) is 28.0. The molecule has 0 saturated carbocycles. The van der Waals surface area contributed by atoms with E-state index in [9.17, 15) is 18.0 Å². The molecule has 0 spiro atoms. The lowest BCUT2D eigenvalue weighted by molar-refractivity contribution is -0.140. The molecule has 0 unspecified atom stereocenters. The normalized spacial score (nSPS) is 12.0. The largest absolute Gasteiger partial charge is 0.497 e. The summed E-state index contributed by atoms with van der Waals surface area (Å²) in [6, 6.07) is 16.1. The number of carbonyl (C=O) groups is 2. The smallest absolute Gasteiger partial charge is 0.242 e. The number of ether oxygens (including phenoxy) is 1. The Hall–Kier alpha value is -3.07. The molecule has 2 aromatic carbocycles. The number of carbonyl (C=O) groups excluding carboxylic acids is 2. The topological polar surface area (TPSA) is 96.0 Å². The minimum absolute atomic E-state index is 0.135. The first-order valence-electron chi connectivity index (χ1n) is 12.9. The summed E-state index contributed by atoms with van der Waals surface area (Å²) < 4.78 is 31.4. The van der Waals surface area contributed by atoms with E-state index in [0.29, 0.717) is 43.8 Å². The Morgan fingerprint density at radius 1 is 0.973 bits per heavy atom. The summed E-state index contributed by atoms with van der Waals surface area (Å²) in [5.74, 6) is 0.328. The van der Waals surface area contributed by atoms with Gasteiger partial charge in [-0.3, -0.25) is 13.9 Å². The van der Waals surface area contributed by atoms with Crippen LogP contribution in [0.25, 0.3) is 0 Å². The van der Waals surface area contributed by atoms with E-state index in [1.165, 1.54) is 4.31 Å². The first-order chi connectivity index (χ1) is 17.7. The zero-order chi connectivity index (χ0) is 27.3. The molecule has 0 radical (unpaired) electrons. The number of anilines is 1. The van der Waals surface area contributed by atoms with Crippen molar-refractivity contribution in [3.63, 3.8) is 0 Å². The summed E-state index contributed by atoms with van der Waals surface area (Å²) in [6.07, 6.45) is 4.60. The maximum atomic E-state index is 13.4. The van der Waals surface area contributed by atoms with Crippen LogP contribution < -0.4 is 14.4 Å². The van der Waals surface area contributed by atoms with Gasteiger partial charge in [0.2, 0.25) is 21.8 Å². The van der Waals surface area contributed by atoms with Crippen LogP contribution in [0.5, 0.6) is 5.75 Å². The first kappa shape index (κ1) is 30.2. The van der Waals surface area contributed by atoms with Crippen LogP contribution in [-0.4, -0.2) is 64.2 Å². The minimum Gasteiger partial charge on any atom is -0.497 e. The lowest BCUT2D eigenvalue weighted by Crippen LogP contribution is -2.50. The molecule has 0 bridgehead atoms. The first-order valence-corrected chi connectivity index (χ1v) is 14.8. The third-order valence-corrected chi connectivity index (χ3v) is 7.41. The second kappa shape index (κ2) is 15.2. The highest BCUT2D eigenvalue weighted by atomic mass is 32.2. The van der Waals surface area contributed by atoms with Crippen LogP contribution in [0.4, 0.5) is 5.69 Å². The van der Waals surface area contributed by atoms with E-state index in [1.807, 2.05) is 37.3 Å². The van der Waals surface area contributed by atoms with Crippen LogP contribution in [0.15, 0.2) is 54.6 Å². The van der Waals surface area contributed by atoms with Crippen LogP contribution in [0, 0.1) is 0 Å². The van der Waals surface area contributed by atoms with Gasteiger partial charge in [0.15, 0.2) is 0 Å². The molecule has 1 N–H and O–H groups in total. The summed E-state index contributed by atoms with van der Waals surface area (Å²) in [7, 11) is -2.00. The van der Waals surface area contributed by atoms with Gasteiger partial charge >= 0.3 is 0 Å². The molecule has 0 aliphatic carbocycles. The molecule has 1 atom stereocenters. The van der Waals surface area contributed by atoms with Gasteiger partial charge in [-0.05, 0) is 55.5 Å². The Kier molecular flexibility index (Phi) is 12.4. The Morgan fingerprint density at radius 2 is 1.65 bits per heavy atom. The van der Waals surface area contributed by atoms with Crippen molar-refractivity contribution in [2.24, 2.45) is 0 Å². The fourth-order valence-electron chi connectivity index (χ4n) is 4.15. The fourth-order valence-corrected chi connectivity index (χ4v) is 5.12. The van der Waals surface area contributed by atoms with Gasteiger partial charge in [-0.1, -0.05) is 50.6 Å². The Morgan fingerprint density at radius 3 is 2.22 bits per heavy atom. The fraction of sp³-hybridized carbons (Fsp3) is 0.500. The van der Waals surface area contributed by atoms with Crippen molar-refractivity contribution < 1.29 is 22.7 Å². The Labute approximate surface area is 222 Å². The van der Waals surface area contributed by atoms with Crippen molar-refractivity contribution in [1.82, 2.24) is 10.2 Å². The van der Waals surface area contributed by atoms with Crippen molar-refractivity contribution in [3.05, 3.63) is 60.2 Å². The molecule has 37 heavy (non-hydrogen) atoms. The van der Waals surface area contributed by atoms with Gasteiger partial charge in [0.05, 0.1) is 19.1 Å². The summed E-state index contributed by atoms with van der Waals surface area (Å²) in [5, 5.41) is 2.96. The average molecular weight is 532 g/mol. The van der Waals surface area contributed by atoms with Gasteiger partial charge in [0.25, 0.3) is 0 Å². The number of sulfonamides is 1. The minimum atomic E-state index is -3.55. The van der Waals surface area contributed by atoms with Crippen molar-refractivity contribution in [2.45, 2.75) is 58.4 Å². The molecule has 0 aliphatic rings. The second-order valence-corrected chi connectivity index (χ2v) is 10.9. The number of methoxy groups -OCH3 is 1. The number of unbranched alkanes of at least 4 members (excludes halogenated alkanes) is 1. The van der Waals surface area contributed by atoms with Crippen LogP contribution >= 0.6 is 0 Å². The van der Waals surface area contributed by atoms with Gasteiger partial charge in [-0.25, -0.2) is 8.42 Å². The number of hydrogen-bond donors (Lipinski definition) is 1. The molecule has 0 aliphatic heterocycles. The van der Waals surface area contributed by atoms with E-state index in [1.54, 1.807) is 36.3 Å². The number of amides is 2. The summed E-state index contributed by atoms with van der Waals surface area (Å²) >= 11 is 0. The maximum Gasteiger partial charge on any atom is 0.242 e. The third-order valence-electron chi connectivity index (χ3n) is 6.21. The molecule has 2 amide bonds. The average Bonchev–Trinajstić information content (AvgIpc) is 2.89. The van der Waals surface area contributed by atoms with Gasteiger partial charge in [0, 0.05) is 26.1 Å². The molecule has 0 fully saturated rings. The Balaban J connectivity index is 2.13. The van der Waals surface area contributed by atoms with Crippen LogP contribution in [-0.2, 0) is 26.0 Å². The van der Waals surface area contributed by atoms with Crippen molar-refractivity contribution in [1.29, 1.82) is 0 Å². The van der Waals surface area contributed by atoms with E-state index in [0.717, 1.165) is 24.7 Å². The molecule has 2 aromatic rings. The standard InChI is InChI=1S/C28H41N3O5S/c1-5-7-20-29-28(33)26(6-2)30(22-19-23-12-9-8-10-13-23)27(32)14-11-21-31(37(4,34)35)24-15-17-25(36-3)18-16-24/h8-10,12-13,15-18,26H,5-7,11,14,19-22H2,1-4H3,(H,29,33)/t26-/m1/s1. The SMILES string of the molecule is CCCCNC(=O)[C@@H](CC)N(CCc1ccccc1)C(=O)CCCN(c1ccc(OC)cc1)S(C)(=O)=O. The lowest BCUT2D eigenvalue weighted by atomic mass is 10.1. The highest BCUT2D eigenvalue weighted by Crippen LogP contribution is 2.22. The molecule has 2 rings (SSSR count). The number of rotatable bonds is 16. The van der Waals surface area contributed by atoms with Gasteiger partial charge < -0.3 is 15.0 Å². The number of hydrogen-bond acceptors (Lipinski definition) is 5. The van der Waals surface area contributed by atoms with Crippen LogP contribution in [0.1, 0.15) is 51.5 Å². The van der Waals surface area contributed by atoms with E-state index in [-0.39, 0.29) is 24.8 Å². The molecular weight excluding hydrogens is 490 g/mol. The summed E-state index contributed by atoms with van der Waals surface area (Å²) in [5.41, 5.74) is 1.60. The predicted octanol–water partition coefficient (Wildman–Crippen LogP) is 4.01. The molecule has 9 heteroatoms. The van der Waals surface area contributed by atoms with E-state index < -0.39 is 16.1 Å².